The largest absolute Gasteiger partial charge is 0.480 e. The van der Waals surface area contributed by atoms with Crippen molar-refractivity contribution in [2.75, 3.05) is 7.05 Å². The SMILES string of the molecule is CN[C@@H](Cc1ccc(CC#N)cc1)C(=O)O. The Balaban J connectivity index is 2.68. The van der Waals surface area contributed by atoms with E-state index in [-0.39, 0.29) is 0 Å². The van der Waals surface area contributed by atoms with Crippen LogP contribution in [0.15, 0.2) is 24.3 Å². The highest BCUT2D eigenvalue weighted by Gasteiger charge is 2.14. The second-order valence-corrected chi connectivity index (χ2v) is 3.54. The van der Waals surface area contributed by atoms with Gasteiger partial charge in [0.1, 0.15) is 6.04 Å². The summed E-state index contributed by atoms with van der Waals surface area (Å²) in [6, 6.07) is 8.93. The number of carboxylic acid groups (broad SMARTS) is 1. The minimum atomic E-state index is -0.858. The van der Waals surface area contributed by atoms with Crippen LogP contribution in [0.4, 0.5) is 0 Å². The van der Waals surface area contributed by atoms with E-state index < -0.39 is 12.0 Å². The number of rotatable bonds is 5. The minimum absolute atomic E-state index is 0.384. The first-order valence-electron chi connectivity index (χ1n) is 5.02. The first kappa shape index (κ1) is 12.2. The topological polar surface area (TPSA) is 73.1 Å². The van der Waals surface area contributed by atoms with Crippen LogP contribution in [0.1, 0.15) is 11.1 Å². The summed E-state index contributed by atoms with van der Waals surface area (Å²) in [6.07, 6.45) is 0.827. The van der Waals surface area contributed by atoms with Crippen LogP contribution < -0.4 is 5.32 Å². The maximum atomic E-state index is 10.8. The second-order valence-electron chi connectivity index (χ2n) is 3.54. The van der Waals surface area contributed by atoms with Crippen molar-refractivity contribution in [3.05, 3.63) is 35.4 Å². The van der Waals surface area contributed by atoms with Gasteiger partial charge >= 0.3 is 5.97 Å². The Hall–Kier alpha value is -1.86. The molecule has 0 aliphatic heterocycles. The molecule has 0 fully saturated rings. The average Bonchev–Trinajstić information content (AvgIpc) is 2.28. The Kier molecular flexibility index (Phi) is 4.49. The number of carbonyl (C=O) groups is 1. The van der Waals surface area contributed by atoms with E-state index in [0.29, 0.717) is 12.8 Å². The predicted octanol–water partition coefficient (Wildman–Crippen LogP) is 0.968. The molecule has 0 aliphatic rings. The highest BCUT2D eigenvalue weighted by molar-refractivity contribution is 5.73. The number of carboxylic acids is 1. The number of benzene rings is 1. The molecule has 4 heteroatoms. The third kappa shape index (κ3) is 3.37. The van der Waals surface area contributed by atoms with E-state index in [1.165, 1.54) is 0 Å². The fourth-order valence-corrected chi connectivity index (χ4v) is 1.43. The smallest absolute Gasteiger partial charge is 0.321 e. The summed E-state index contributed by atoms with van der Waals surface area (Å²) < 4.78 is 0. The van der Waals surface area contributed by atoms with Gasteiger partial charge in [-0.15, -0.1) is 0 Å². The molecule has 4 nitrogen and oxygen atoms in total. The van der Waals surface area contributed by atoms with Gasteiger partial charge in [0.25, 0.3) is 0 Å². The molecule has 0 amide bonds. The Morgan fingerprint density at radius 2 is 2.00 bits per heavy atom. The third-order valence-corrected chi connectivity index (χ3v) is 2.39. The number of aliphatic carboxylic acids is 1. The molecule has 0 saturated carbocycles. The molecule has 1 atom stereocenters. The molecule has 0 radical (unpaired) electrons. The van der Waals surface area contributed by atoms with Crippen molar-refractivity contribution < 1.29 is 9.90 Å². The lowest BCUT2D eigenvalue weighted by Crippen LogP contribution is -2.35. The van der Waals surface area contributed by atoms with Crippen molar-refractivity contribution in [3.8, 4) is 6.07 Å². The number of nitrogens with zero attached hydrogens (tertiary/aromatic N) is 1. The quantitative estimate of drug-likeness (QED) is 0.772. The Morgan fingerprint density at radius 1 is 1.44 bits per heavy atom. The van der Waals surface area contributed by atoms with Crippen LogP contribution in [0, 0.1) is 11.3 Å². The molecule has 2 N–H and O–H groups in total. The fourth-order valence-electron chi connectivity index (χ4n) is 1.43. The zero-order chi connectivity index (χ0) is 12.0. The van der Waals surface area contributed by atoms with Crippen molar-refractivity contribution >= 4 is 5.97 Å². The maximum absolute atomic E-state index is 10.8. The highest BCUT2D eigenvalue weighted by Crippen LogP contribution is 2.07. The van der Waals surface area contributed by atoms with Crippen LogP contribution in [0.3, 0.4) is 0 Å². The molecule has 1 aromatic carbocycles. The molecule has 16 heavy (non-hydrogen) atoms. The van der Waals surface area contributed by atoms with E-state index in [0.717, 1.165) is 11.1 Å². The average molecular weight is 218 g/mol. The lowest BCUT2D eigenvalue weighted by atomic mass is 10.0. The Bertz CT molecular complexity index is 392. The van der Waals surface area contributed by atoms with Gasteiger partial charge in [-0.3, -0.25) is 4.79 Å². The van der Waals surface area contributed by atoms with Crippen LogP contribution in [0.5, 0.6) is 0 Å². The second kappa shape index (κ2) is 5.89. The van der Waals surface area contributed by atoms with Gasteiger partial charge < -0.3 is 10.4 Å². The van der Waals surface area contributed by atoms with Crippen LogP contribution in [-0.2, 0) is 17.6 Å². The molecule has 0 heterocycles. The summed E-state index contributed by atoms with van der Waals surface area (Å²) in [4.78, 5) is 10.8. The maximum Gasteiger partial charge on any atom is 0.321 e. The molecule has 1 rings (SSSR count). The number of hydrogen-bond acceptors (Lipinski definition) is 3. The van der Waals surface area contributed by atoms with Gasteiger partial charge in [0.15, 0.2) is 0 Å². The molecule has 0 saturated heterocycles. The first-order chi connectivity index (χ1) is 7.67. The van der Waals surface area contributed by atoms with Gasteiger partial charge in [-0.25, -0.2) is 0 Å². The molecule has 84 valence electrons. The van der Waals surface area contributed by atoms with Crippen molar-refractivity contribution in [2.45, 2.75) is 18.9 Å². The van der Waals surface area contributed by atoms with E-state index in [2.05, 4.69) is 11.4 Å². The number of nitriles is 1. The fraction of sp³-hybridized carbons (Fsp3) is 0.333. The summed E-state index contributed by atoms with van der Waals surface area (Å²) >= 11 is 0. The summed E-state index contributed by atoms with van der Waals surface area (Å²) in [6.45, 7) is 0. The van der Waals surface area contributed by atoms with Crippen molar-refractivity contribution in [2.24, 2.45) is 0 Å². The van der Waals surface area contributed by atoms with Gasteiger partial charge in [-0.2, -0.15) is 5.26 Å². The third-order valence-electron chi connectivity index (χ3n) is 2.39. The summed E-state index contributed by atoms with van der Waals surface area (Å²) in [7, 11) is 1.63. The van der Waals surface area contributed by atoms with Crippen molar-refractivity contribution in [1.82, 2.24) is 5.32 Å². The molecule has 0 aromatic heterocycles. The van der Waals surface area contributed by atoms with Gasteiger partial charge in [0.05, 0.1) is 12.5 Å². The molecular formula is C12H14N2O2. The van der Waals surface area contributed by atoms with Gasteiger partial charge in [-0.1, -0.05) is 24.3 Å². The molecule has 0 bridgehead atoms. The summed E-state index contributed by atoms with van der Waals surface area (Å²) in [5.41, 5.74) is 1.89. The summed E-state index contributed by atoms with van der Waals surface area (Å²) in [5, 5.41) is 20.1. The highest BCUT2D eigenvalue weighted by atomic mass is 16.4. The molecule has 0 spiro atoms. The van der Waals surface area contributed by atoms with E-state index in [4.69, 9.17) is 10.4 Å². The lowest BCUT2D eigenvalue weighted by Gasteiger charge is -2.10. The number of nitrogens with one attached hydrogen (secondary N) is 1. The van der Waals surface area contributed by atoms with E-state index >= 15 is 0 Å². The van der Waals surface area contributed by atoms with Crippen LogP contribution in [0.25, 0.3) is 0 Å². The predicted molar refractivity (Wildman–Crippen MR) is 59.9 cm³/mol. The Labute approximate surface area is 94.5 Å². The van der Waals surface area contributed by atoms with Gasteiger partial charge in [0, 0.05) is 0 Å². The van der Waals surface area contributed by atoms with Crippen LogP contribution >= 0.6 is 0 Å². The Morgan fingerprint density at radius 3 is 2.44 bits per heavy atom. The van der Waals surface area contributed by atoms with E-state index in [1.807, 2.05) is 24.3 Å². The van der Waals surface area contributed by atoms with Gasteiger partial charge in [0.2, 0.25) is 0 Å². The molecule has 0 unspecified atom stereocenters. The monoisotopic (exact) mass is 218 g/mol. The van der Waals surface area contributed by atoms with E-state index in [9.17, 15) is 4.79 Å². The number of hydrogen-bond donors (Lipinski definition) is 2. The van der Waals surface area contributed by atoms with E-state index in [1.54, 1.807) is 7.05 Å². The summed E-state index contributed by atoms with van der Waals surface area (Å²) in [5.74, 6) is -0.858. The standard InChI is InChI=1S/C12H14N2O2/c1-14-11(12(15)16)8-10-4-2-9(3-5-10)6-7-13/h2-5,11,14H,6,8H2,1H3,(H,15,16)/t11-/m0/s1. The zero-order valence-corrected chi connectivity index (χ0v) is 9.10. The number of likely N-dealkylation sites (N-methyl/N-ethyl adjacent to an activating group) is 1. The lowest BCUT2D eigenvalue weighted by molar-refractivity contribution is -0.139. The first-order valence-corrected chi connectivity index (χ1v) is 5.02. The van der Waals surface area contributed by atoms with Crippen LogP contribution in [0.2, 0.25) is 0 Å². The zero-order valence-electron chi connectivity index (χ0n) is 9.10. The molecule has 1 aromatic rings. The molecular weight excluding hydrogens is 204 g/mol. The van der Waals surface area contributed by atoms with Crippen LogP contribution in [-0.4, -0.2) is 24.2 Å². The van der Waals surface area contributed by atoms with Crippen molar-refractivity contribution in [1.29, 1.82) is 5.26 Å². The van der Waals surface area contributed by atoms with Gasteiger partial charge in [-0.05, 0) is 24.6 Å². The van der Waals surface area contributed by atoms with Crippen molar-refractivity contribution in [3.63, 3.8) is 0 Å². The minimum Gasteiger partial charge on any atom is -0.480 e. The normalized spacial score (nSPS) is 11.8. The molecule has 0 aliphatic carbocycles.